The second-order valence-electron chi connectivity index (χ2n) is 21.8. The highest BCUT2D eigenvalue weighted by atomic mass is 32.1. The maximum absolute atomic E-state index is 16.5. The summed E-state index contributed by atoms with van der Waals surface area (Å²) in [6.07, 6.45) is 0. The van der Waals surface area contributed by atoms with E-state index in [1.165, 1.54) is 21.2 Å². The first-order valence-corrected chi connectivity index (χ1v) is 26.4. The normalized spacial score (nSPS) is 14.5. The van der Waals surface area contributed by atoms with Crippen molar-refractivity contribution in [2.45, 2.75) is 57.8 Å². The molecule has 5 heteroatoms. The van der Waals surface area contributed by atoms with Gasteiger partial charge >= 0.3 is 0 Å². The molecule has 3 nitrogen and oxygen atoms in total. The summed E-state index contributed by atoms with van der Waals surface area (Å²) in [6, 6.07) is 79.6. The van der Waals surface area contributed by atoms with Crippen molar-refractivity contribution >= 4 is 87.6 Å². The molecule has 1 aliphatic carbocycles. The van der Waals surface area contributed by atoms with Gasteiger partial charge in [-0.15, -0.1) is 11.3 Å². The molecule has 12 aromatic rings. The number of para-hydroxylation sites is 3. The minimum absolute atomic E-state index is 0.0284. The third kappa shape index (κ3) is 7.12. The van der Waals surface area contributed by atoms with E-state index in [2.05, 4.69) is 258 Å². The van der Waals surface area contributed by atoms with E-state index in [1.54, 1.807) is 12.1 Å². The van der Waals surface area contributed by atoms with E-state index in [9.17, 15) is 0 Å². The van der Waals surface area contributed by atoms with Gasteiger partial charge in [0.15, 0.2) is 0 Å². The van der Waals surface area contributed by atoms with Crippen LogP contribution in [0.3, 0.4) is 0 Å². The summed E-state index contributed by atoms with van der Waals surface area (Å²) in [5.41, 5.74) is 15.2. The lowest BCUT2D eigenvalue weighted by Gasteiger charge is -2.36. The molecule has 2 heterocycles. The Bertz CT molecular complexity index is 3860. The molecule has 0 N–H and O–H groups in total. The summed E-state index contributed by atoms with van der Waals surface area (Å²) in [5, 5.41) is 4.37. The first-order chi connectivity index (χ1) is 35.9. The molecule has 0 saturated heterocycles. The number of hydrogen-bond acceptors (Lipinski definition) is 4. The topological polar surface area (TPSA) is 19.6 Å². The van der Waals surface area contributed by atoms with Crippen molar-refractivity contribution in [1.82, 2.24) is 0 Å². The Morgan fingerprint density at radius 3 is 1.47 bits per heavy atom. The summed E-state index contributed by atoms with van der Waals surface area (Å²) in [5.74, 6) is -0.296. The number of anilines is 6. The second-order valence-corrected chi connectivity index (χ2v) is 22.9. The maximum Gasteiger partial charge on any atom is 0.145 e. The second kappa shape index (κ2) is 17.2. The highest BCUT2D eigenvalue weighted by Gasteiger charge is 2.50. The predicted molar refractivity (Wildman–Crippen MR) is 311 cm³/mol. The number of rotatable bonds is 8. The minimum Gasteiger partial charge on any atom is -0.455 e. The Hall–Kier alpha value is -8.25. The molecule has 0 radical (unpaired) electrons. The van der Waals surface area contributed by atoms with Crippen LogP contribution >= 0.6 is 11.3 Å². The zero-order chi connectivity index (χ0) is 50.5. The highest BCUT2D eigenvalue weighted by molar-refractivity contribution is 7.26. The van der Waals surface area contributed by atoms with Crippen LogP contribution in [-0.4, -0.2) is 0 Å². The molecule has 13 rings (SSSR count). The minimum atomic E-state index is -1.05. The van der Waals surface area contributed by atoms with Gasteiger partial charge in [-0.2, -0.15) is 0 Å². The summed E-state index contributed by atoms with van der Waals surface area (Å²) in [6.45, 7) is 13.6. The summed E-state index contributed by atoms with van der Waals surface area (Å²) in [4.78, 5) is 4.82. The lowest BCUT2D eigenvalue weighted by atomic mass is 9.67. The Morgan fingerprint density at radius 1 is 0.432 bits per heavy atom. The smallest absolute Gasteiger partial charge is 0.145 e. The summed E-state index contributed by atoms with van der Waals surface area (Å²) in [7, 11) is 0. The molecular weight excluding hydrogens is 924 g/mol. The molecule has 1 aliphatic rings. The molecule has 2 aromatic heterocycles. The van der Waals surface area contributed by atoms with Crippen LogP contribution in [0.1, 0.15) is 74.9 Å². The number of nitrogens with zero attached hydrogens (tertiary/aromatic N) is 2. The molecule has 74 heavy (non-hydrogen) atoms. The van der Waals surface area contributed by atoms with E-state index in [0.717, 1.165) is 99.5 Å². The van der Waals surface area contributed by atoms with Gasteiger partial charge in [-0.3, -0.25) is 0 Å². The zero-order valence-corrected chi connectivity index (χ0v) is 43.3. The van der Waals surface area contributed by atoms with Crippen molar-refractivity contribution in [2.75, 3.05) is 9.80 Å². The number of thiophene rings is 1. The van der Waals surface area contributed by atoms with Gasteiger partial charge in [0, 0.05) is 59.4 Å². The number of furan rings is 1. The molecule has 0 spiro atoms. The summed E-state index contributed by atoms with van der Waals surface area (Å²) < 4.78 is 26.3. The van der Waals surface area contributed by atoms with Crippen molar-refractivity contribution in [3.05, 3.63) is 264 Å². The van der Waals surface area contributed by atoms with Gasteiger partial charge in [0.1, 0.15) is 17.0 Å². The van der Waals surface area contributed by atoms with Crippen molar-refractivity contribution < 1.29 is 8.81 Å². The Morgan fingerprint density at radius 2 is 0.905 bits per heavy atom. The molecular formula is C69H55FN2OS. The zero-order valence-electron chi connectivity index (χ0n) is 42.5. The third-order valence-electron chi connectivity index (χ3n) is 15.3. The summed E-state index contributed by atoms with van der Waals surface area (Å²) >= 11 is 1.82. The third-order valence-corrected chi connectivity index (χ3v) is 16.5. The Kier molecular flexibility index (Phi) is 10.6. The highest BCUT2D eigenvalue weighted by Crippen LogP contribution is 2.65. The monoisotopic (exact) mass is 978 g/mol. The van der Waals surface area contributed by atoms with E-state index in [1.807, 2.05) is 17.4 Å². The molecule has 1 atom stereocenters. The van der Waals surface area contributed by atoms with Gasteiger partial charge in [-0.25, -0.2) is 4.39 Å². The number of halogens is 1. The van der Waals surface area contributed by atoms with Crippen molar-refractivity contribution in [3.8, 4) is 11.1 Å². The first kappa shape index (κ1) is 45.6. The largest absolute Gasteiger partial charge is 0.455 e. The molecule has 0 amide bonds. The average molecular weight is 979 g/mol. The van der Waals surface area contributed by atoms with Gasteiger partial charge in [0.2, 0.25) is 0 Å². The van der Waals surface area contributed by atoms with Crippen LogP contribution in [0.15, 0.2) is 229 Å². The van der Waals surface area contributed by atoms with E-state index in [4.69, 9.17) is 4.42 Å². The van der Waals surface area contributed by atoms with E-state index >= 15 is 4.39 Å². The van der Waals surface area contributed by atoms with E-state index in [0.29, 0.717) is 0 Å². The lowest BCUT2D eigenvalue weighted by Crippen LogP contribution is -2.29. The molecule has 10 aromatic carbocycles. The fraction of sp³-hybridized carbons (Fsp3) is 0.130. The van der Waals surface area contributed by atoms with Crippen molar-refractivity contribution in [2.24, 2.45) is 0 Å². The SMILES string of the molecule is CC(C)(C)c1ccc(N(c2ccccc2)c2cc3c(c4oc5ccccc5c24)-c2c(cc(N(c4ccccc4)c4ccc(C(C)(C)C)cc4)c4c2sc2ccccc24)C3(c2ccccc2)c2cccc(F)c2)cc1. The molecule has 1 unspecified atom stereocenters. The predicted octanol–water partition coefficient (Wildman–Crippen LogP) is 20.0. The number of benzene rings is 10. The van der Waals surface area contributed by atoms with Crippen LogP contribution in [0.25, 0.3) is 53.2 Å². The fourth-order valence-electron chi connectivity index (χ4n) is 11.8. The molecule has 0 aliphatic heterocycles. The van der Waals surface area contributed by atoms with Crippen LogP contribution in [0.2, 0.25) is 0 Å². The van der Waals surface area contributed by atoms with Crippen molar-refractivity contribution in [3.63, 3.8) is 0 Å². The molecule has 0 saturated carbocycles. The van der Waals surface area contributed by atoms with Crippen LogP contribution in [0.5, 0.6) is 0 Å². The van der Waals surface area contributed by atoms with Gasteiger partial charge in [0.05, 0.1) is 22.2 Å². The fourth-order valence-corrected chi connectivity index (χ4v) is 13.0. The number of hydrogen-bond donors (Lipinski definition) is 0. The number of fused-ring (bicyclic) bond motifs is 11. The standard InChI is InChI=1S/C69H55FN2OS/c1-67(2,3)44-33-37-51(38-34-44)71(49-25-12-8-13-26-49)57-42-55-63(65-61(57)53-29-16-18-31-59(53)73-65)64-56(69(55,46-21-10-7-11-22-46)47-23-20-24-48(70)41-47)43-58(62-54-30-17-19-32-60(54)74-66(62)64)72(50-27-14-9-15-28-50)52-39-35-45(36-40-52)68(4,5)6/h7-43H,1-6H3. The van der Waals surface area contributed by atoms with Crippen LogP contribution in [0, 0.1) is 5.82 Å². The van der Waals surface area contributed by atoms with E-state index in [-0.39, 0.29) is 16.6 Å². The van der Waals surface area contributed by atoms with Crippen LogP contribution in [0.4, 0.5) is 38.5 Å². The van der Waals surface area contributed by atoms with Gasteiger partial charge in [0.25, 0.3) is 0 Å². The van der Waals surface area contributed by atoms with Gasteiger partial charge in [-0.1, -0.05) is 181 Å². The van der Waals surface area contributed by atoms with E-state index < -0.39 is 5.41 Å². The maximum atomic E-state index is 16.5. The molecule has 0 fully saturated rings. The Balaban J connectivity index is 1.24. The van der Waals surface area contributed by atoms with Gasteiger partial charge < -0.3 is 14.2 Å². The quantitative estimate of drug-likeness (QED) is 0.151. The van der Waals surface area contributed by atoms with Crippen molar-refractivity contribution in [1.29, 1.82) is 0 Å². The van der Waals surface area contributed by atoms with Gasteiger partial charge in [-0.05, 0) is 129 Å². The molecule has 360 valence electrons. The van der Waals surface area contributed by atoms with Crippen LogP contribution < -0.4 is 9.80 Å². The average Bonchev–Trinajstić information content (AvgIpc) is 4.13. The molecule has 0 bridgehead atoms. The first-order valence-electron chi connectivity index (χ1n) is 25.6. The van der Waals surface area contributed by atoms with Crippen LogP contribution in [-0.2, 0) is 16.2 Å². The Labute approximate surface area is 436 Å². The lowest BCUT2D eigenvalue weighted by molar-refractivity contribution is 0.590.